The van der Waals surface area contributed by atoms with Crippen molar-refractivity contribution in [2.24, 2.45) is 4.99 Å². The van der Waals surface area contributed by atoms with Crippen molar-refractivity contribution in [3.05, 3.63) is 30.2 Å². The number of hydrogen-bond acceptors (Lipinski definition) is 4. The standard InChI is InChI=1S/C19H30N6S/c1-3-26-16-9-6-8-15(14-16)22-19(20-2)21-12-7-11-18-24-23-17-10-4-5-13-25(17)18/h4-5,10,13,15-16H,3,6-9,11-12,14H2,1-2H3,(H2,20,21,22). The molecule has 0 spiro atoms. The number of aromatic nitrogens is 3. The molecule has 142 valence electrons. The molecule has 6 nitrogen and oxygen atoms in total. The highest BCUT2D eigenvalue weighted by Gasteiger charge is 2.22. The summed E-state index contributed by atoms with van der Waals surface area (Å²) in [4.78, 5) is 4.39. The molecule has 2 heterocycles. The normalized spacial score (nSPS) is 21.1. The Hall–Kier alpha value is -1.76. The van der Waals surface area contributed by atoms with Crippen LogP contribution in [-0.2, 0) is 6.42 Å². The molecule has 1 saturated carbocycles. The van der Waals surface area contributed by atoms with Gasteiger partial charge in [-0.2, -0.15) is 11.8 Å². The zero-order valence-electron chi connectivity index (χ0n) is 15.8. The summed E-state index contributed by atoms with van der Waals surface area (Å²) in [5.74, 6) is 3.14. The first-order chi connectivity index (χ1) is 12.8. The molecular formula is C19H30N6S. The monoisotopic (exact) mass is 374 g/mol. The second-order valence-electron chi connectivity index (χ2n) is 6.73. The van der Waals surface area contributed by atoms with E-state index in [1.807, 2.05) is 31.4 Å². The summed E-state index contributed by atoms with van der Waals surface area (Å²) in [7, 11) is 1.85. The second-order valence-corrected chi connectivity index (χ2v) is 8.31. The van der Waals surface area contributed by atoms with Crippen molar-refractivity contribution in [2.45, 2.75) is 56.7 Å². The first kappa shape index (κ1) is 19.0. The smallest absolute Gasteiger partial charge is 0.191 e. The Labute approximate surface area is 160 Å². The summed E-state index contributed by atoms with van der Waals surface area (Å²) in [6.45, 7) is 3.13. The van der Waals surface area contributed by atoms with Gasteiger partial charge in [-0.05, 0) is 43.6 Å². The fourth-order valence-corrected chi connectivity index (χ4v) is 4.74. The molecule has 2 aromatic heterocycles. The number of rotatable bonds is 7. The van der Waals surface area contributed by atoms with Gasteiger partial charge in [-0.15, -0.1) is 10.2 Å². The number of nitrogens with zero attached hydrogens (tertiary/aromatic N) is 4. The Balaban J connectivity index is 1.41. The second kappa shape index (κ2) is 9.80. The molecule has 1 aliphatic carbocycles. The quantitative estimate of drug-likeness (QED) is 0.443. The van der Waals surface area contributed by atoms with Gasteiger partial charge < -0.3 is 10.6 Å². The van der Waals surface area contributed by atoms with Crippen LogP contribution in [-0.4, -0.2) is 51.2 Å². The van der Waals surface area contributed by atoms with Gasteiger partial charge >= 0.3 is 0 Å². The molecule has 0 aromatic carbocycles. The number of pyridine rings is 1. The molecule has 1 fully saturated rings. The summed E-state index contributed by atoms with van der Waals surface area (Å²) in [5.41, 5.74) is 0.907. The Morgan fingerprint density at radius 3 is 3.12 bits per heavy atom. The van der Waals surface area contributed by atoms with E-state index in [2.05, 4.69) is 48.9 Å². The minimum Gasteiger partial charge on any atom is -0.356 e. The summed E-state index contributed by atoms with van der Waals surface area (Å²) < 4.78 is 2.06. The summed E-state index contributed by atoms with van der Waals surface area (Å²) in [6, 6.07) is 6.52. The average molecular weight is 375 g/mol. The minimum atomic E-state index is 0.541. The van der Waals surface area contributed by atoms with Gasteiger partial charge in [-0.25, -0.2) is 0 Å². The third-order valence-corrected chi connectivity index (χ3v) is 6.08. The third kappa shape index (κ3) is 5.13. The molecule has 0 saturated heterocycles. The summed E-state index contributed by atoms with van der Waals surface area (Å²) in [6.07, 6.45) is 9.06. The van der Waals surface area contributed by atoms with Gasteiger partial charge in [0, 0.05) is 37.5 Å². The SMILES string of the molecule is CCSC1CCCC(NC(=NC)NCCCc2nnc3ccccn23)C1. The van der Waals surface area contributed by atoms with E-state index >= 15 is 0 Å². The van der Waals surface area contributed by atoms with Crippen LogP contribution < -0.4 is 10.6 Å². The maximum absolute atomic E-state index is 4.39. The lowest BCUT2D eigenvalue weighted by molar-refractivity contribution is 0.418. The molecule has 0 aliphatic heterocycles. The molecule has 2 unspecified atom stereocenters. The summed E-state index contributed by atoms with van der Waals surface area (Å²) in [5, 5.41) is 16.3. The van der Waals surface area contributed by atoms with Crippen LogP contribution >= 0.6 is 11.8 Å². The Morgan fingerprint density at radius 2 is 2.27 bits per heavy atom. The fraction of sp³-hybridized carbons (Fsp3) is 0.632. The van der Waals surface area contributed by atoms with Crippen molar-refractivity contribution in [1.29, 1.82) is 0 Å². The van der Waals surface area contributed by atoms with Crippen molar-refractivity contribution >= 4 is 23.4 Å². The molecule has 2 atom stereocenters. The van der Waals surface area contributed by atoms with Crippen LogP contribution in [0.2, 0.25) is 0 Å². The first-order valence-corrected chi connectivity index (χ1v) is 10.7. The highest BCUT2D eigenvalue weighted by molar-refractivity contribution is 7.99. The van der Waals surface area contributed by atoms with E-state index in [0.717, 1.165) is 42.1 Å². The lowest BCUT2D eigenvalue weighted by atomic mass is 9.95. The third-order valence-electron chi connectivity index (χ3n) is 4.85. The summed E-state index contributed by atoms with van der Waals surface area (Å²) >= 11 is 2.10. The Bertz CT molecular complexity index is 711. The van der Waals surface area contributed by atoms with Crippen molar-refractivity contribution in [3.8, 4) is 0 Å². The van der Waals surface area contributed by atoms with Crippen molar-refractivity contribution in [2.75, 3.05) is 19.3 Å². The van der Waals surface area contributed by atoms with Crippen molar-refractivity contribution < 1.29 is 0 Å². The average Bonchev–Trinajstić information content (AvgIpc) is 3.08. The van der Waals surface area contributed by atoms with Crippen molar-refractivity contribution in [1.82, 2.24) is 25.2 Å². The minimum absolute atomic E-state index is 0.541. The maximum Gasteiger partial charge on any atom is 0.191 e. The van der Waals surface area contributed by atoms with E-state index in [9.17, 15) is 0 Å². The van der Waals surface area contributed by atoms with Crippen LogP contribution in [0.15, 0.2) is 29.4 Å². The Morgan fingerprint density at radius 1 is 1.35 bits per heavy atom. The lowest BCUT2D eigenvalue weighted by Gasteiger charge is -2.30. The number of nitrogens with one attached hydrogen (secondary N) is 2. The molecule has 7 heteroatoms. The van der Waals surface area contributed by atoms with Crippen LogP contribution in [0.25, 0.3) is 5.65 Å². The first-order valence-electron chi connectivity index (χ1n) is 9.67. The van der Waals surface area contributed by atoms with E-state index < -0.39 is 0 Å². The molecule has 0 bridgehead atoms. The molecule has 26 heavy (non-hydrogen) atoms. The zero-order chi connectivity index (χ0) is 18.2. The van der Waals surface area contributed by atoms with Crippen LogP contribution in [0.4, 0.5) is 0 Å². The fourth-order valence-electron chi connectivity index (χ4n) is 3.57. The predicted octanol–water partition coefficient (Wildman–Crippen LogP) is 2.89. The van der Waals surface area contributed by atoms with E-state index in [1.165, 1.54) is 31.4 Å². The highest BCUT2D eigenvalue weighted by Crippen LogP contribution is 2.28. The molecular weight excluding hydrogens is 344 g/mol. The highest BCUT2D eigenvalue weighted by atomic mass is 32.2. The maximum atomic E-state index is 4.39. The molecule has 2 N–H and O–H groups in total. The molecule has 0 radical (unpaired) electrons. The topological polar surface area (TPSA) is 66.6 Å². The van der Waals surface area contributed by atoms with E-state index in [0.29, 0.717) is 6.04 Å². The van der Waals surface area contributed by atoms with E-state index in [-0.39, 0.29) is 0 Å². The van der Waals surface area contributed by atoms with Gasteiger partial charge in [0.05, 0.1) is 0 Å². The van der Waals surface area contributed by atoms with Crippen LogP contribution in [0.5, 0.6) is 0 Å². The van der Waals surface area contributed by atoms with Crippen LogP contribution in [0.3, 0.4) is 0 Å². The van der Waals surface area contributed by atoms with Crippen LogP contribution in [0, 0.1) is 0 Å². The number of thioether (sulfide) groups is 1. The Kier molecular flexibility index (Phi) is 7.17. The molecule has 3 rings (SSSR count). The predicted molar refractivity (Wildman–Crippen MR) is 110 cm³/mol. The lowest BCUT2D eigenvalue weighted by Crippen LogP contribution is -2.46. The van der Waals surface area contributed by atoms with Gasteiger partial charge in [0.25, 0.3) is 0 Å². The molecule has 0 amide bonds. The van der Waals surface area contributed by atoms with Gasteiger partial charge in [-0.1, -0.05) is 19.4 Å². The molecule has 2 aromatic rings. The van der Waals surface area contributed by atoms with Gasteiger partial charge in [0.1, 0.15) is 5.82 Å². The van der Waals surface area contributed by atoms with Gasteiger partial charge in [-0.3, -0.25) is 9.39 Å². The number of hydrogen-bond donors (Lipinski definition) is 2. The van der Waals surface area contributed by atoms with Gasteiger partial charge in [0.2, 0.25) is 0 Å². The number of aryl methyl sites for hydroxylation is 1. The van der Waals surface area contributed by atoms with E-state index in [1.54, 1.807) is 0 Å². The zero-order valence-corrected chi connectivity index (χ0v) is 16.6. The number of guanidine groups is 1. The largest absolute Gasteiger partial charge is 0.356 e. The molecule has 1 aliphatic rings. The van der Waals surface area contributed by atoms with Gasteiger partial charge in [0.15, 0.2) is 11.6 Å². The van der Waals surface area contributed by atoms with Crippen LogP contribution in [0.1, 0.15) is 44.9 Å². The van der Waals surface area contributed by atoms with E-state index in [4.69, 9.17) is 0 Å². The number of aliphatic imine (C=N–C) groups is 1. The number of fused-ring (bicyclic) bond motifs is 1. The van der Waals surface area contributed by atoms with Crippen molar-refractivity contribution in [3.63, 3.8) is 0 Å².